The van der Waals surface area contributed by atoms with Gasteiger partial charge in [0, 0.05) is 29.2 Å². The van der Waals surface area contributed by atoms with Gasteiger partial charge in [-0.1, -0.05) is 24.3 Å². The van der Waals surface area contributed by atoms with Gasteiger partial charge in [0.25, 0.3) is 0 Å². The second kappa shape index (κ2) is 6.32. The highest BCUT2D eigenvalue weighted by atomic mass is 16.4. The van der Waals surface area contributed by atoms with E-state index < -0.39 is 0 Å². The van der Waals surface area contributed by atoms with Crippen LogP contribution in [0.5, 0.6) is 0 Å². The molecule has 0 aliphatic rings. The number of carbonyl (C=O) groups excluding carboxylic acids is 1. The second-order valence-electron chi connectivity index (χ2n) is 5.97. The van der Waals surface area contributed by atoms with E-state index in [4.69, 9.17) is 4.42 Å². The molecule has 3 aromatic rings. The fraction of sp³-hybridized carbons (Fsp3) is 0.200. The number of hydrogen-bond donors (Lipinski definition) is 1. The lowest BCUT2D eigenvalue weighted by Gasteiger charge is -2.11. The van der Waals surface area contributed by atoms with Gasteiger partial charge in [-0.3, -0.25) is 4.79 Å². The van der Waals surface area contributed by atoms with Crippen molar-refractivity contribution in [1.29, 1.82) is 0 Å². The first-order chi connectivity index (χ1) is 11.5. The molecular weight excluding hydrogens is 302 g/mol. The minimum atomic E-state index is -0.356. The van der Waals surface area contributed by atoms with Crippen LogP contribution in [0, 0.1) is 13.8 Å². The molecule has 0 radical (unpaired) electrons. The van der Waals surface area contributed by atoms with Gasteiger partial charge >= 0.3 is 5.63 Å². The molecule has 0 amide bonds. The Morgan fingerprint density at radius 3 is 2.67 bits per heavy atom. The number of ketones is 1. The first kappa shape index (κ1) is 16.0. The van der Waals surface area contributed by atoms with E-state index in [0.717, 1.165) is 27.8 Å². The lowest BCUT2D eigenvalue weighted by Crippen LogP contribution is -2.07. The summed E-state index contributed by atoms with van der Waals surface area (Å²) in [7, 11) is 0. The smallest absolute Gasteiger partial charge is 0.336 e. The van der Waals surface area contributed by atoms with Crippen molar-refractivity contribution >= 4 is 22.4 Å². The van der Waals surface area contributed by atoms with Gasteiger partial charge in [-0.05, 0) is 49.6 Å². The highest BCUT2D eigenvalue weighted by Gasteiger charge is 2.09. The van der Waals surface area contributed by atoms with Crippen molar-refractivity contribution < 1.29 is 9.21 Å². The quantitative estimate of drug-likeness (QED) is 0.577. The third-order valence-corrected chi connectivity index (χ3v) is 4.27. The van der Waals surface area contributed by atoms with E-state index >= 15 is 0 Å². The summed E-state index contributed by atoms with van der Waals surface area (Å²) in [6.45, 7) is 5.97. The molecule has 0 bridgehead atoms. The Bertz CT molecular complexity index is 986. The molecule has 4 heteroatoms. The maximum absolute atomic E-state index is 11.9. The number of aryl methyl sites for hydroxylation is 2. The molecule has 0 fully saturated rings. The zero-order valence-electron chi connectivity index (χ0n) is 14.0. The standard InChI is InChI=1S/C20H19NO3/c1-12-7-8-18-16(10-19(23)24-20(18)13(12)2)11-21-17-6-4-5-15(9-17)14(3)22/h4-10,21H,11H2,1-3H3. The minimum absolute atomic E-state index is 0.0237. The van der Waals surface area contributed by atoms with Crippen molar-refractivity contribution in [3.63, 3.8) is 0 Å². The van der Waals surface area contributed by atoms with Crippen LogP contribution in [0.4, 0.5) is 5.69 Å². The van der Waals surface area contributed by atoms with Crippen molar-refractivity contribution in [2.75, 3.05) is 5.32 Å². The third kappa shape index (κ3) is 3.08. The van der Waals surface area contributed by atoms with Crippen molar-refractivity contribution in [1.82, 2.24) is 0 Å². The first-order valence-corrected chi connectivity index (χ1v) is 7.83. The molecule has 0 saturated heterocycles. The summed E-state index contributed by atoms with van der Waals surface area (Å²) in [5, 5.41) is 4.20. The Balaban J connectivity index is 1.96. The lowest BCUT2D eigenvalue weighted by atomic mass is 10.0. The van der Waals surface area contributed by atoms with E-state index in [-0.39, 0.29) is 11.4 Å². The van der Waals surface area contributed by atoms with E-state index in [0.29, 0.717) is 17.7 Å². The second-order valence-corrected chi connectivity index (χ2v) is 5.97. The Morgan fingerprint density at radius 1 is 1.12 bits per heavy atom. The van der Waals surface area contributed by atoms with Crippen molar-refractivity contribution in [3.05, 3.63) is 75.1 Å². The maximum Gasteiger partial charge on any atom is 0.336 e. The Morgan fingerprint density at radius 2 is 1.92 bits per heavy atom. The lowest BCUT2D eigenvalue weighted by molar-refractivity contribution is 0.101. The largest absolute Gasteiger partial charge is 0.422 e. The number of benzene rings is 2. The third-order valence-electron chi connectivity index (χ3n) is 4.27. The Labute approximate surface area is 140 Å². The number of anilines is 1. The predicted octanol–water partition coefficient (Wildman–Crippen LogP) is 4.22. The predicted molar refractivity (Wildman–Crippen MR) is 95.7 cm³/mol. The summed E-state index contributed by atoms with van der Waals surface area (Å²) in [5.41, 5.74) is 4.71. The Hall–Kier alpha value is -2.88. The van der Waals surface area contributed by atoms with Gasteiger partial charge in [-0.2, -0.15) is 0 Å². The van der Waals surface area contributed by atoms with E-state index in [1.165, 1.54) is 6.07 Å². The molecule has 1 aromatic heterocycles. The molecule has 4 nitrogen and oxygen atoms in total. The molecule has 1 heterocycles. The number of hydrogen-bond acceptors (Lipinski definition) is 4. The van der Waals surface area contributed by atoms with Gasteiger partial charge in [0.15, 0.2) is 5.78 Å². The normalized spacial score (nSPS) is 10.8. The number of Topliss-reactive ketones (excluding diaryl/α,β-unsaturated/α-hetero) is 1. The number of carbonyl (C=O) groups is 1. The van der Waals surface area contributed by atoms with Crippen molar-refractivity contribution in [2.45, 2.75) is 27.3 Å². The molecule has 24 heavy (non-hydrogen) atoms. The minimum Gasteiger partial charge on any atom is -0.422 e. The molecule has 0 unspecified atom stereocenters. The molecule has 0 saturated carbocycles. The monoisotopic (exact) mass is 321 g/mol. The van der Waals surface area contributed by atoms with Crippen LogP contribution in [0.1, 0.15) is 34.0 Å². The van der Waals surface area contributed by atoms with E-state index in [2.05, 4.69) is 5.32 Å². The van der Waals surface area contributed by atoms with Crippen LogP contribution in [-0.2, 0) is 6.54 Å². The van der Waals surface area contributed by atoms with Gasteiger partial charge in [0.05, 0.1) is 0 Å². The summed E-state index contributed by atoms with van der Waals surface area (Å²) in [5.74, 6) is 0.0237. The topological polar surface area (TPSA) is 59.3 Å². The van der Waals surface area contributed by atoms with E-state index in [1.807, 2.05) is 44.2 Å². The van der Waals surface area contributed by atoms with E-state index in [1.54, 1.807) is 13.0 Å². The molecule has 3 rings (SSSR count). The summed E-state index contributed by atoms with van der Waals surface area (Å²) in [6.07, 6.45) is 0. The van der Waals surface area contributed by atoms with Crippen LogP contribution in [0.3, 0.4) is 0 Å². The number of nitrogens with one attached hydrogen (secondary N) is 1. The average Bonchev–Trinajstić information content (AvgIpc) is 2.56. The summed E-state index contributed by atoms with van der Waals surface area (Å²) < 4.78 is 5.39. The molecule has 0 aliphatic heterocycles. The van der Waals surface area contributed by atoms with Gasteiger partial charge in [-0.15, -0.1) is 0 Å². The molecule has 1 N–H and O–H groups in total. The van der Waals surface area contributed by atoms with Crippen LogP contribution in [0.15, 0.2) is 51.7 Å². The molecular formula is C20H19NO3. The average molecular weight is 321 g/mol. The zero-order valence-corrected chi connectivity index (χ0v) is 14.0. The van der Waals surface area contributed by atoms with Crippen LogP contribution in [-0.4, -0.2) is 5.78 Å². The highest BCUT2D eigenvalue weighted by Crippen LogP contribution is 2.24. The van der Waals surface area contributed by atoms with Gasteiger partial charge in [0.1, 0.15) is 5.58 Å². The van der Waals surface area contributed by atoms with Crippen LogP contribution in [0.25, 0.3) is 11.0 Å². The first-order valence-electron chi connectivity index (χ1n) is 7.83. The molecule has 2 aromatic carbocycles. The van der Waals surface area contributed by atoms with Crippen molar-refractivity contribution in [3.8, 4) is 0 Å². The van der Waals surface area contributed by atoms with Crippen molar-refractivity contribution in [2.24, 2.45) is 0 Å². The maximum atomic E-state index is 11.9. The molecule has 0 atom stereocenters. The van der Waals surface area contributed by atoms with Crippen LogP contribution in [0.2, 0.25) is 0 Å². The van der Waals surface area contributed by atoms with Crippen LogP contribution >= 0.6 is 0 Å². The summed E-state index contributed by atoms with van der Waals surface area (Å²) >= 11 is 0. The molecule has 0 spiro atoms. The number of rotatable bonds is 4. The molecule has 0 aliphatic carbocycles. The fourth-order valence-corrected chi connectivity index (χ4v) is 2.72. The molecule has 122 valence electrons. The highest BCUT2D eigenvalue weighted by molar-refractivity contribution is 5.95. The Kier molecular flexibility index (Phi) is 4.21. The van der Waals surface area contributed by atoms with Gasteiger partial charge < -0.3 is 9.73 Å². The van der Waals surface area contributed by atoms with Crippen LogP contribution < -0.4 is 10.9 Å². The number of fused-ring (bicyclic) bond motifs is 1. The summed E-state index contributed by atoms with van der Waals surface area (Å²) in [4.78, 5) is 23.4. The summed E-state index contributed by atoms with van der Waals surface area (Å²) in [6, 6.07) is 12.8. The zero-order chi connectivity index (χ0) is 17.3. The van der Waals surface area contributed by atoms with E-state index in [9.17, 15) is 9.59 Å². The van der Waals surface area contributed by atoms with Gasteiger partial charge in [-0.25, -0.2) is 4.79 Å². The SMILES string of the molecule is CC(=O)c1cccc(NCc2cc(=O)oc3c(C)c(C)ccc23)c1. The fourth-order valence-electron chi connectivity index (χ4n) is 2.72. The van der Waals surface area contributed by atoms with Gasteiger partial charge in [0.2, 0.25) is 0 Å².